The van der Waals surface area contributed by atoms with Crippen LogP contribution in [0.1, 0.15) is 37.8 Å². The lowest BCUT2D eigenvalue weighted by Gasteiger charge is -2.27. The maximum absolute atomic E-state index is 12.7. The summed E-state index contributed by atoms with van der Waals surface area (Å²) in [5, 5.41) is 9.08. The second-order valence-electron chi connectivity index (χ2n) is 6.42. The van der Waals surface area contributed by atoms with Gasteiger partial charge in [0.2, 0.25) is 0 Å². The summed E-state index contributed by atoms with van der Waals surface area (Å²) in [4.78, 5) is 31.1. The summed E-state index contributed by atoms with van der Waals surface area (Å²) in [7, 11) is 1.84. The van der Waals surface area contributed by atoms with Crippen LogP contribution in [0.15, 0.2) is 41.2 Å². The van der Waals surface area contributed by atoms with Gasteiger partial charge in [-0.15, -0.1) is 11.3 Å². The Labute approximate surface area is 160 Å². The number of aromatic nitrogens is 3. The lowest BCUT2D eigenvalue weighted by molar-refractivity contribution is 0.0725. The van der Waals surface area contributed by atoms with Gasteiger partial charge in [-0.05, 0) is 5.56 Å². The Balaban J connectivity index is 1.52. The summed E-state index contributed by atoms with van der Waals surface area (Å²) in [5.74, 6) is -0.333. The largest absolute Gasteiger partial charge is 0.347 e. The van der Waals surface area contributed by atoms with Crippen molar-refractivity contribution in [2.45, 2.75) is 19.5 Å². The minimum Gasteiger partial charge on any atom is -0.347 e. The van der Waals surface area contributed by atoms with Crippen LogP contribution in [0.4, 0.5) is 0 Å². The minimum absolute atomic E-state index is 0.110. The molecule has 0 bridgehead atoms. The Bertz CT molecular complexity index is 966. The normalized spacial score (nSPS) is 13.3. The highest BCUT2D eigenvalue weighted by Gasteiger charge is 2.30. The fourth-order valence-electron chi connectivity index (χ4n) is 3.29. The van der Waals surface area contributed by atoms with Crippen molar-refractivity contribution >= 4 is 23.2 Å². The molecule has 8 heteroatoms. The van der Waals surface area contributed by atoms with Gasteiger partial charge in [-0.25, -0.2) is 4.98 Å². The van der Waals surface area contributed by atoms with Crippen LogP contribution in [-0.2, 0) is 26.6 Å². The van der Waals surface area contributed by atoms with Crippen LogP contribution in [0.2, 0.25) is 0 Å². The van der Waals surface area contributed by atoms with Crippen molar-refractivity contribution in [2.75, 3.05) is 6.54 Å². The van der Waals surface area contributed by atoms with Gasteiger partial charge in [-0.1, -0.05) is 30.3 Å². The van der Waals surface area contributed by atoms with Crippen molar-refractivity contribution in [2.24, 2.45) is 7.05 Å². The van der Waals surface area contributed by atoms with Crippen molar-refractivity contribution in [3.05, 3.63) is 69.4 Å². The smallest absolute Gasteiger partial charge is 0.273 e. The lowest BCUT2D eigenvalue weighted by Crippen LogP contribution is -2.37. The van der Waals surface area contributed by atoms with E-state index in [0.29, 0.717) is 37.4 Å². The maximum Gasteiger partial charge on any atom is 0.273 e. The summed E-state index contributed by atoms with van der Waals surface area (Å²) < 4.78 is 1.75. The number of thiazole rings is 1. The minimum atomic E-state index is -0.223. The van der Waals surface area contributed by atoms with E-state index in [-0.39, 0.29) is 11.8 Å². The van der Waals surface area contributed by atoms with Crippen LogP contribution in [0, 0.1) is 0 Å². The molecule has 3 heterocycles. The average Bonchev–Trinajstić information content (AvgIpc) is 3.35. The van der Waals surface area contributed by atoms with E-state index in [9.17, 15) is 9.59 Å². The number of nitrogens with one attached hydrogen (secondary N) is 1. The third kappa shape index (κ3) is 3.48. The number of aryl methyl sites for hydroxylation is 1. The highest BCUT2D eigenvalue weighted by atomic mass is 32.1. The van der Waals surface area contributed by atoms with E-state index in [1.807, 2.05) is 37.4 Å². The molecular formula is C19H19N5O2S. The zero-order valence-corrected chi connectivity index (χ0v) is 15.7. The van der Waals surface area contributed by atoms with Gasteiger partial charge in [0.25, 0.3) is 11.8 Å². The molecular weight excluding hydrogens is 362 g/mol. The van der Waals surface area contributed by atoms with E-state index < -0.39 is 0 Å². The molecule has 4 rings (SSSR count). The Kier molecular flexibility index (Phi) is 4.72. The number of fused-ring (bicyclic) bond motifs is 1. The predicted octanol–water partition coefficient (Wildman–Crippen LogP) is 2.01. The third-order valence-electron chi connectivity index (χ3n) is 4.69. The van der Waals surface area contributed by atoms with Gasteiger partial charge in [-0.3, -0.25) is 14.3 Å². The molecule has 0 saturated heterocycles. The van der Waals surface area contributed by atoms with Crippen molar-refractivity contribution in [3.8, 4) is 0 Å². The van der Waals surface area contributed by atoms with Gasteiger partial charge >= 0.3 is 0 Å². The summed E-state index contributed by atoms with van der Waals surface area (Å²) in [6, 6.07) is 9.73. The van der Waals surface area contributed by atoms with Gasteiger partial charge in [-0.2, -0.15) is 5.10 Å². The Hall–Kier alpha value is -3.00. The fourth-order valence-corrected chi connectivity index (χ4v) is 3.82. The van der Waals surface area contributed by atoms with Crippen LogP contribution in [0.3, 0.4) is 0 Å². The van der Waals surface area contributed by atoms with Crippen molar-refractivity contribution in [3.63, 3.8) is 0 Å². The second kappa shape index (κ2) is 7.32. The number of carbonyl (C=O) groups excluding carboxylic acids is 2. The second-order valence-corrected chi connectivity index (χ2v) is 7.13. The molecule has 3 aromatic rings. The van der Waals surface area contributed by atoms with E-state index in [1.165, 1.54) is 11.3 Å². The quantitative estimate of drug-likeness (QED) is 0.750. The van der Waals surface area contributed by atoms with Crippen molar-refractivity contribution in [1.29, 1.82) is 0 Å². The number of benzene rings is 1. The van der Waals surface area contributed by atoms with E-state index in [2.05, 4.69) is 15.4 Å². The molecule has 2 amide bonds. The highest BCUT2D eigenvalue weighted by Crippen LogP contribution is 2.23. The number of hydrogen-bond acceptors (Lipinski definition) is 5. The Morgan fingerprint density at radius 1 is 1.26 bits per heavy atom. The third-order valence-corrected chi connectivity index (χ3v) is 5.28. The average molecular weight is 381 g/mol. The first kappa shape index (κ1) is 17.4. The molecule has 7 nitrogen and oxygen atoms in total. The number of nitrogens with zero attached hydrogens (tertiary/aromatic N) is 4. The molecule has 138 valence electrons. The van der Waals surface area contributed by atoms with Gasteiger partial charge < -0.3 is 10.2 Å². The maximum atomic E-state index is 12.7. The molecule has 0 radical (unpaired) electrons. The summed E-state index contributed by atoms with van der Waals surface area (Å²) in [6.45, 7) is 1.40. The van der Waals surface area contributed by atoms with Crippen molar-refractivity contribution in [1.82, 2.24) is 25.0 Å². The van der Waals surface area contributed by atoms with E-state index in [4.69, 9.17) is 0 Å². The molecule has 2 aromatic heterocycles. The lowest BCUT2D eigenvalue weighted by atomic mass is 10.0. The summed E-state index contributed by atoms with van der Waals surface area (Å²) in [5.41, 5.74) is 5.33. The van der Waals surface area contributed by atoms with E-state index in [1.54, 1.807) is 20.5 Å². The molecule has 1 N–H and O–H groups in total. The SMILES string of the molecule is Cn1nc(C(=O)NCc2ccccc2)c2c1CCN(C(=O)c1cscn1)C2. The van der Waals surface area contributed by atoms with Crippen LogP contribution >= 0.6 is 11.3 Å². The first-order valence-corrected chi connectivity index (χ1v) is 9.62. The number of hydrogen-bond donors (Lipinski definition) is 1. The molecule has 0 fully saturated rings. The van der Waals surface area contributed by atoms with Gasteiger partial charge in [0.05, 0.1) is 12.1 Å². The molecule has 1 aromatic carbocycles. The molecule has 0 saturated carbocycles. The fraction of sp³-hybridized carbons (Fsp3) is 0.263. The molecule has 1 aliphatic heterocycles. The molecule has 0 spiro atoms. The van der Waals surface area contributed by atoms with Crippen LogP contribution in [0.25, 0.3) is 0 Å². The Morgan fingerprint density at radius 2 is 2.07 bits per heavy atom. The van der Waals surface area contributed by atoms with Gasteiger partial charge in [0, 0.05) is 43.2 Å². The summed E-state index contributed by atoms with van der Waals surface area (Å²) >= 11 is 1.39. The molecule has 0 unspecified atom stereocenters. The molecule has 0 atom stereocenters. The molecule has 27 heavy (non-hydrogen) atoms. The first-order valence-electron chi connectivity index (χ1n) is 8.68. The first-order chi connectivity index (χ1) is 13.1. The molecule has 0 aliphatic carbocycles. The van der Waals surface area contributed by atoms with E-state index in [0.717, 1.165) is 16.8 Å². The Morgan fingerprint density at radius 3 is 2.81 bits per heavy atom. The van der Waals surface area contributed by atoms with Crippen LogP contribution in [0.5, 0.6) is 0 Å². The van der Waals surface area contributed by atoms with Crippen molar-refractivity contribution < 1.29 is 9.59 Å². The summed E-state index contributed by atoms with van der Waals surface area (Å²) in [6.07, 6.45) is 0.667. The highest BCUT2D eigenvalue weighted by molar-refractivity contribution is 7.07. The van der Waals surface area contributed by atoms with Crippen LogP contribution < -0.4 is 5.32 Å². The van der Waals surface area contributed by atoms with Gasteiger partial charge in [0.15, 0.2) is 5.69 Å². The zero-order chi connectivity index (χ0) is 18.8. The predicted molar refractivity (Wildman–Crippen MR) is 101 cm³/mol. The molecule has 1 aliphatic rings. The van der Waals surface area contributed by atoms with Gasteiger partial charge in [0.1, 0.15) is 5.69 Å². The standard InChI is InChI=1S/C19H19N5O2S/c1-23-16-7-8-24(19(26)15-11-27-12-21-15)10-14(16)17(22-23)18(25)20-9-13-5-3-2-4-6-13/h2-6,11-12H,7-10H2,1H3,(H,20,25). The number of rotatable bonds is 4. The van der Waals surface area contributed by atoms with Crippen LogP contribution in [-0.4, -0.2) is 38.0 Å². The number of carbonyl (C=O) groups is 2. The van der Waals surface area contributed by atoms with E-state index >= 15 is 0 Å². The monoisotopic (exact) mass is 381 g/mol. The topological polar surface area (TPSA) is 80.1 Å². The zero-order valence-electron chi connectivity index (χ0n) is 14.9. The number of amides is 2.